The van der Waals surface area contributed by atoms with Gasteiger partial charge >= 0.3 is 5.37 Å². The second-order valence-electron chi connectivity index (χ2n) is 1.75. The average Bonchev–Trinajstić information content (AvgIpc) is 1.87. The Bertz CT molecular complexity index is 99.7. The molecule has 10 heavy (non-hydrogen) atoms. The number of carbonyl (C=O) groups excluding carboxylic acids is 1. The molecular weight excluding hydrogens is 170 g/mol. The smallest absolute Gasteiger partial charge is 0.313 e. The highest BCUT2D eigenvalue weighted by atomic mass is 35.5. The first kappa shape index (κ1) is 10.1. The zero-order valence-corrected chi connectivity index (χ0v) is 7.60. The van der Waals surface area contributed by atoms with E-state index in [2.05, 4.69) is 12.2 Å². The van der Waals surface area contributed by atoms with E-state index in [-0.39, 0.29) is 0 Å². The summed E-state index contributed by atoms with van der Waals surface area (Å²) >= 11 is 6.90. The number of amides is 1. The molecule has 0 aromatic carbocycles. The van der Waals surface area contributed by atoms with E-state index >= 15 is 0 Å². The van der Waals surface area contributed by atoms with Crippen molar-refractivity contribution < 1.29 is 4.79 Å². The molecule has 0 saturated carbocycles. The molecule has 0 atom stereocenters. The van der Waals surface area contributed by atoms with Gasteiger partial charge in [-0.25, -0.2) is 0 Å². The van der Waals surface area contributed by atoms with E-state index in [0.29, 0.717) is 6.54 Å². The zero-order chi connectivity index (χ0) is 7.82. The largest absolute Gasteiger partial charge is 0.343 e. The summed E-state index contributed by atoms with van der Waals surface area (Å²) in [6.45, 7) is 2.81. The van der Waals surface area contributed by atoms with Crippen molar-refractivity contribution in [1.82, 2.24) is 5.32 Å². The van der Waals surface area contributed by atoms with Crippen molar-refractivity contribution in [3.05, 3.63) is 0 Å². The van der Waals surface area contributed by atoms with Gasteiger partial charge in [-0.1, -0.05) is 6.92 Å². The second kappa shape index (κ2) is 7.22. The van der Waals surface area contributed by atoms with Gasteiger partial charge in [-0.15, -0.1) is 0 Å². The highest BCUT2D eigenvalue weighted by molar-refractivity contribution is 7.99. The minimum atomic E-state index is -0.457. The van der Waals surface area contributed by atoms with Crippen LogP contribution in [-0.4, -0.2) is 23.4 Å². The van der Waals surface area contributed by atoms with Crippen LogP contribution in [0.3, 0.4) is 0 Å². The van der Waals surface area contributed by atoms with Crippen LogP contribution in [0.2, 0.25) is 0 Å². The summed E-state index contributed by atoms with van der Waals surface area (Å²) in [5, 5.41) is 2.06. The van der Waals surface area contributed by atoms with Crippen molar-refractivity contribution in [2.24, 2.45) is 0 Å². The minimum Gasteiger partial charge on any atom is -0.343 e. The lowest BCUT2D eigenvalue weighted by atomic mass is 10.5. The predicted molar refractivity (Wildman–Crippen MR) is 46.9 cm³/mol. The van der Waals surface area contributed by atoms with Crippen LogP contribution >= 0.6 is 23.4 Å². The van der Waals surface area contributed by atoms with Crippen molar-refractivity contribution in [1.29, 1.82) is 0 Å². The van der Waals surface area contributed by atoms with Gasteiger partial charge in [0.1, 0.15) is 0 Å². The van der Waals surface area contributed by atoms with Gasteiger partial charge in [0.15, 0.2) is 0 Å². The second-order valence-corrected chi connectivity index (χ2v) is 3.49. The van der Waals surface area contributed by atoms with Crippen molar-refractivity contribution in [3.8, 4) is 0 Å². The maximum atomic E-state index is 10.1. The van der Waals surface area contributed by atoms with E-state index < -0.39 is 5.37 Å². The van der Waals surface area contributed by atoms with Crippen molar-refractivity contribution in [3.63, 3.8) is 0 Å². The van der Waals surface area contributed by atoms with Gasteiger partial charge in [0.05, 0.1) is 0 Å². The molecule has 0 bridgehead atoms. The van der Waals surface area contributed by atoms with Gasteiger partial charge in [-0.05, 0) is 29.5 Å². The highest BCUT2D eigenvalue weighted by Gasteiger charge is 1.91. The number of hydrogen-bond donors (Lipinski definition) is 1. The predicted octanol–water partition coefficient (Wildman–Crippen LogP) is 2.08. The lowest BCUT2D eigenvalue weighted by molar-refractivity contribution is 0.260. The molecule has 0 spiro atoms. The van der Waals surface area contributed by atoms with E-state index in [0.717, 1.165) is 17.9 Å². The molecule has 1 amide bonds. The van der Waals surface area contributed by atoms with E-state index in [4.69, 9.17) is 11.6 Å². The maximum absolute atomic E-state index is 10.1. The van der Waals surface area contributed by atoms with Crippen molar-refractivity contribution in [2.45, 2.75) is 13.3 Å². The Hall–Kier alpha value is 0.110. The normalized spacial score (nSPS) is 9.40. The molecular formula is C6H12ClNOS. The van der Waals surface area contributed by atoms with Gasteiger partial charge in [0, 0.05) is 6.54 Å². The Morgan fingerprint density at radius 1 is 1.70 bits per heavy atom. The Morgan fingerprint density at radius 3 is 2.90 bits per heavy atom. The summed E-state index contributed by atoms with van der Waals surface area (Å²) in [7, 11) is 0. The zero-order valence-electron chi connectivity index (χ0n) is 6.02. The van der Waals surface area contributed by atoms with E-state index in [1.54, 1.807) is 0 Å². The van der Waals surface area contributed by atoms with Crippen LogP contribution in [0.1, 0.15) is 13.3 Å². The Balaban J connectivity index is 2.84. The summed E-state index contributed by atoms with van der Waals surface area (Å²) < 4.78 is 0. The fourth-order valence-electron chi connectivity index (χ4n) is 0.505. The molecule has 0 aromatic heterocycles. The summed E-state index contributed by atoms with van der Waals surface area (Å²) in [4.78, 5) is 10.1. The van der Waals surface area contributed by atoms with Crippen LogP contribution in [0.25, 0.3) is 0 Å². The molecule has 0 rings (SSSR count). The molecule has 4 heteroatoms. The van der Waals surface area contributed by atoms with Gasteiger partial charge in [0.2, 0.25) is 0 Å². The van der Waals surface area contributed by atoms with Gasteiger partial charge in [-0.2, -0.15) is 11.8 Å². The third-order valence-electron chi connectivity index (χ3n) is 0.934. The molecule has 0 aromatic rings. The first-order valence-electron chi connectivity index (χ1n) is 3.28. The Kier molecular flexibility index (Phi) is 7.30. The summed E-state index contributed by atoms with van der Waals surface area (Å²) in [6, 6.07) is 0. The van der Waals surface area contributed by atoms with Crippen LogP contribution < -0.4 is 5.32 Å². The van der Waals surface area contributed by atoms with Crippen LogP contribution in [0, 0.1) is 0 Å². The van der Waals surface area contributed by atoms with Gasteiger partial charge in [-0.3, -0.25) is 4.79 Å². The molecule has 1 N–H and O–H groups in total. The lowest BCUT2D eigenvalue weighted by Gasteiger charge is -1.98. The molecule has 0 aliphatic carbocycles. The molecule has 0 heterocycles. The topological polar surface area (TPSA) is 29.1 Å². The fraction of sp³-hybridized carbons (Fsp3) is 0.833. The Labute approximate surface area is 70.7 Å². The first-order valence-corrected chi connectivity index (χ1v) is 4.81. The summed E-state index contributed by atoms with van der Waals surface area (Å²) in [5.74, 6) is 2.22. The number of hydrogen-bond acceptors (Lipinski definition) is 2. The van der Waals surface area contributed by atoms with E-state index in [1.807, 2.05) is 11.8 Å². The minimum absolute atomic E-state index is 0.457. The molecule has 0 aliphatic heterocycles. The molecule has 0 unspecified atom stereocenters. The van der Waals surface area contributed by atoms with Crippen LogP contribution in [-0.2, 0) is 0 Å². The van der Waals surface area contributed by atoms with Gasteiger partial charge < -0.3 is 5.32 Å². The third kappa shape index (κ3) is 8.11. The molecule has 60 valence electrons. The molecule has 0 saturated heterocycles. The van der Waals surface area contributed by atoms with Crippen LogP contribution in [0.5, 0.6) is 0 Å². The molecule has 0 fully saturated rings. The molecule has 0 radical (unpaired) electrons. The molecule has 2 nitrogen and oxygen atoms in total. The standard InChI is InChI=1S/C6H12ClNOS/c1-2-10-5-3-4-8-6(7)9/h2-5H2,1H3,(H,8,9). The number of thioether (sulfide) groups is 1. The Morgan fingerprint density at radius 2 is 2.40 bits per heavy atom. The monoisotopic (exact) mass is 181 g/mol. The van der Waals surface area contributed by atoms with E-state index in [9.17, 15) is 4.79 Å². The van der Waals surface area contributed by atoms with Crippen LogP contribution in [0.4, 0.5) is 4.79 Å². The van der Waals surface area contributed by atoms with Crippen molar-refractivity contribution >= 4 is 28.7 Å². The number of halogens is 1. The number of nitrogens with one attached hydrogen (secondary N) is 1. The molecule has 0 aliphatic rings. The third-order valence-corrected chi connectivity index (χ3v) is 2.05. The summed E-state index contributed by atoms with van der Waals surface area (Å²) in [6.07, 6.45) is 0.997. The van der Waals surface area contributed by atoms with Crippen molar-refractivity contribution in [2.75, 3.05) is 18.1 Å². The van der Waals surface area contributed by atoms with Gasteiger partial charge in [0.25, 0.3) is 0 Å². The lowest BCUT2D eigenvalue weighted by Crippen LogP contribution is -2.17. The quantitative estimate of drug-likeness (QED) is 0.400. The fourth-order valence-corrected chi connectivity index (χ4v) is 1.24. The highest BCUT2D eigenvalue weighted by Crippen LogP contribution is 1.99. The number of carbonyl (C=O) groups is 1. The average molecular weight is 182 g/mol. The van der Waals surface area contributed by atoms with E-state index in [1.165, 1.54) is 0 Å². The maximum Gasteiger partial charge on any atom is 0.313 e. The van der Waals surface area contributed by atoms with Crippen LogP contribution in [0.15, 0.2) is 0 Å². The number of rotatable bonds is 5. The summed E-state index contributed by atoms with van der Waals surface area (Å²) in [5.41, 5.74) is 0. The SMILES string of the molecule is CCSCCCNC(=O)Cl. The first-order chi connectivity index (χ1) is 4.77.